The van der Waals surface area contributed by atoms with Crippen molar-refractivity contribution in [1.82, 2.24) is 0 Å². The summed E-state index contributed by atoms with van der Waals surface area (Å²) in [5.74, 6) is 1.66. The summed E-state index contributed by atoms with van der Waals surface area (Å²) in [6.07, 6.45) is 0. The molecule has 1 heterocycles. The summed E-state index contributed by atoms with van der Waals surface area (Å²) in [7, 11) is -9.00. The van der Waals surface area contributed by atoms with Crippen molar-refractivity contribution in [2.24, 2.45) is 0 Å². The van der Waals surface area contributed by atoms with Crippen molar-refractivity contribution in [3.8, 4) is 17.1 Å². The zero-order chi connectivity index (χ0) is 18.8. The predicted molar refractivity (Wildman–Crippen MR) is 86.2 cm³/mol. The van der Waals surface area contributed by atoms with Gasteiger partial charge in [0.05, 0.1) is 24.1 Å². The first-order valence-electron chi connectivity index (χ1n) is 6.84. The molecule has 0 fully saturated rings. The average Bonchev–Trinajstić information content (AvgIpc) is 2.51. The molecule has 0 radical (unpaired) electrons. The monoisotopic (exact) mass is 382 g/mol. The Morgan fingerprint density at radius 1 is 0.800 bits per heavy atom. The maximum atomic E-state index is 9.87. The van der Waals surface area contributed by atoms with Crippen LogP contribution in [-0.2, 0) is 0 Å². The van der Waals surface area contributed by atoms with E-state index in [1.165, 1.54) is 0 Å². The zero-order valence-electron chi connectivity index (χ0n) is 12.8. The molecule has 2 nitrogen and oxygen atoms in total. The fourth-order valence-electron chi connectivity index (χ4n) is 1.94. The molecule has 25 heavy (non-hydrogen) atoms. The van der Waals surface area contributed by atoms with E-state index in [0.717, 1.165) is 28.0 Å². The second-order valence-electron chi connectivity index (χ2n) is 5.03. The van der Waals surface area contributed by atoms with Crippen molar-refractivity contribution in [3.05, 3.63) is 60.7 Å². The van der Waals surface area contributed by atoms with Crippen LogP contribution >= 0.6 is 7.81 Å². The van der Waals surface area contributed by atoms with Gasteiger partial charge in [-0.05, 0) is 30.3 Å². The van der Waals surface area contributed by atoms with Gasteiger partial charge in [0.25, 0.3) is 0 Å². The van der Waals surface area contributed by atoms with Gasteiger partial charge in [-0.3, -0.25) is 0 Å². The summed E-state index contributed by atoms with van der Waals surface area (Å²) in [6.45, 7) is 0. The van der Waals surface area contributed by atoms with Crippen LogP contribution in [0.3, 0.4) is 0 Å². The molecular formula is C16H13F6O2P. The van der Waals surface area contributed by atoms with Crippen LogP contribution in [0.5, 0.6) is 5.75 Å². The number of benzene rings is 2. The Balaban J connectivity index is 0.000000277. The summed E-state index contributed by atoms with van der Waals surface area (Å²) >= 11 is 0. The van der Waals surface area contributed by atoms with E-state index in [4.69, 9.17) is 9.15 Å². The Labute approximate surface area is 138 Å². The van der Waals surface area contributed by atoms with Crippen LogP contribution < -0.4 is 4.74 Å². The maximum absolute atomic E-state index is 10.7. The Morgan fingerprint density at radius 2 is 1.36 bits per heavy atom. The van der Waals surface area contributed by atoms with Crippen LogP contribution in [0.2, 0.25) is 0 Å². The number of rotatable bonds is 2. The summed E-state index contributed by atoms with van der Waals surface area (Å²) in [5.41, 5.74) is 1.90. The molecule has 0 aliphatic carbocycles. The summed E-state index contributed by atoms with van der Waals surface area (Å²) in [4.78, 5) is 0. The molecule has 3 rings (SSSR count). The van der Waals surface area contributed by atoms with Crippen molar-refractivity contribution in [2.45, 2.75) is 0 Å². The second kappa shape index (κ2) is 5.88. The summed E-state index contributed by atoms with van der Waals surface area (Å²) in [6, 6.07) is 19.9. The Morgan fingerprint density at radius 3 is 1.92 bits per heavy atom. The fourth-order valence-corrected chi connectivity index (χ4v) is 1.94. The molecule has 0 N–H and O–H groups in total. The number of hydrogen-bond donors (Lipinski definition) is 0. The van der Waals surface area contributed by atoms with Crippen LogP contribution in [-0.4, -0.2) is 7.11 Å². The number of ether oxygens (including phenoxy) is 1. The molecule has 9 heteroatoms. The fraction of sp³-hybridized carbons (Fsp3) is 0.0625. The topological polar surface area (TPSA) is 20.5 Å². The van der Waals surface area contributed by atoms with E-state index in [2.05, 4.69) is 6.07 Å². The van der Waals surface area contributed by atoms with E-state index >= 15 is 0 Å². The molecule has 3 aromatic rings. The van der Waals surface area contributed by atoms with Gasteiger partial charge in [-0.15, -0.1) is 0 Å². The third kappa shape index (κ3) is 7.39. The van der Waals surface area contributed by atoms with Crippen LogP contribution in [0.4, 0.5) is 25.2 Å². The van der Waals surface area contributed by atoms with Crippen LogP contribution in [0.25, 0.3) is 22.3 Å². The normalized spacial score (nSPS) is 14.0. The van der Waals surface area contributed by atoms with Gasteiger partial charge in [0.1, 0.15) is 5.75 Å². The molecule has 0 unspecified atom stereocenters. The molecule has 0 spiro atoms. The van der Waals surface area contributed by atoms with E-state index in [1.807, 2.05) is 54.6 Å². The summed E-state index contributed by atoms with van der Waals surface area (Å²) in [5, 5.41) is 1.07. The third-order valence-electron chi connectivity index (χ3n) is 2.91. The minimum absolute atomic E-state index is 0.802. The molecule has 0 saturated carbocycles. The molecule has 0 saturated heterocycles. The number of hydrogen-bond acceptors (Lipinski definition) is 1. The Kier molecular flexibility index (Phi) is 4.46. The van der Waals surface area contributed by atoms with Gasteiger partial charge in [0, 0.05) is 6.07 Å². The molecule has 1 aromatic heterocycles. The van der Waals surface area contributed by atoms with Gasteiger partial charge in [-0.25, -0.2) is 4.42 Å². The molecule has 136 valence electrons. The third-order valence-corrected chi connectivity index (χ3v) is 2.91. The number of methoxy groups -OCH3 is 1. The Hall–Kier alpha value is -2.34. The van der Waals surface area contributed by atoms with E-state index < -0.39 is 7.81 Å². The van der Waals surface area contributed by atoms with Crippen molar-refractivity contribution >= 4 is 18.8 Å². The molecular weight excluding hydrogens is 369 g/mol. The molecule has 0 aliphatic rings. The minimum atomic E-state index is -10.7. The van der Waals surface area contributed by atoms with Gasteiger partial charge >= 0.3 is 44.3 Å². The van der Waals surface area contributed by atoms with E-state index in [9.17, 15) is 25.2 Å². The quantitative estimate of drug-likeness (QED) is 0.256. The van der Waals surface area contributed by atoms with Gasteiger partial charge in [0.15, 0.2) is 0 Å². The number of fused-ring (bicyclic) bond motifs is 1. The molecule has 2 aromatic carbocycles. The summed E-state index contributed by atoms with van der Waals surface area (Å²) < 4.78 is 70.3. The number of halogens is 6. The van der Waals surface area contributed by atoms with E-state index in [0.29, 0.717) is 0 Å². The van der Waals surface area contributed by atoms with Gasteiger partial charge in [-0.2, -0.15) is 0 Å². The van der Waals surface area contributed by atoms with Crippen LogP contribution in [0, 0.1) is 0 Å². The first-order chi connectivity index (χ1) is 11.3. The molecule has 0 bridgehead atoms. The zero-order valence-corrected chi connectivity index (χ0v) is 13.7. The average molecular weight is 382 g/mol. The van der Waals surface area contributed by atoms with Crippen LogP contribution in [0.1, 0.15) is 0 Å². The van der Waals surface area contributed by atoms with Gasteiger partial charge < -0.3 is 4.74 Å². The SMILES string of the molecule is COc1ccc2ccc(-c3ccccc3)[o+]c2c1.F[P-](F)(F)(F)(F)F. The van der Waals surface area contributed by atoms with Crippen molar-refractivity contribution < 1.29 is 34.3 Å². The Bertz CT molecular complexity index is 868. The van der Waals surface area contributed by atoms with Gasteiger partial charge in [-0.1, -0.05) is 18.2 Å². The van der Waals surface area contributed by atoms with E-state index in [1.54, 1.807) is 7.11 Å². The predicted octanol–water partition coefficient (Wildman–Crippen LogP) is 7.77. The molecule has 0 atom stereocenters. The van der Waals surface area contributed by atoms with E-state index in [-0.39, 0.29) is 0 Å². The molecule has 0 amide bonds. The first-order valence-corrected chi connectivity index (χ1v) is 8.87. The van der Waals surface area contributed by atoms with Crippen LogP contribution in [0.15, 0.2) is 65.1 Å². The van der Waals surface area contributed by atoms with Gasteiger partial charge in [0.2, 0.25) is 0 Å². The first kappa shape index (κ1) is 19.0. The van der Waals surface area contributed by atoms with Crippen molar-refractivity contribution in [1.29, 1.82) is 0 Å². The van der Waals surface area contributed by atoms with Crippen molar-refractivity contribution in [2.75, 3.05) is 7.11 Å². The second-order valence-corrected chi connectivity index (χ2v) is 6.94. The standard InChI is InChI=1S/C16H13O2.F6P/c1-17-14-9-7-13-8-10-15(18-16(13)11-14)12-5-3-2-4-6-12;1-7(2,3,4,5)6/h2-11H,1H3;/q+1;-1. The molecule has 0 aliphatic heterocycles. The van der Waals surface area contributed by atoms with Crippen molar-refractivity contribution in [3.63, 3.8) is 0 Å².